The minimum Gasteiger partial charge on any atom is -0.475 e. The van der Waals surface area contributed by atoms with E-state index in [9.17, 15) is 18.0 Å². The van der Waals surface area contributed by atoms with Gasteiger partial charge in [-0.1, -0.05) is 12.1 Å². The molecule has 0 radical (unpaired) electrons. The predicted octanol–water partition coefficient (Wildman–Crippen LogP) is 2.98. The number of aryl methyl sites for hydroxylation is 1. The Morgan fingerprint density at radius 1 is 1.18 bits per heavy atom. The summed E-state index contributed by atoms with van der Waals surface area (Å²) in [5.74, 6) is -1.84. The molecule has 0 saturated carbocycles. The monoisotopic (exact) mass is 466 g/mol. The van der Waals surface area contributed by atoms with E-state index in [1.807, 2.05) is 19.1 Å². The van der Waals surface area contributed by atoms with Gasteiger partial charge in [-0.3, -0.25) is 9.78 Å². The summed E-state index contributed by atoms with van der Waals surface area (Å²) in [7, 11) is 0. The van der Waals surface area contributed by atoms with Gasteiger partial charge < -0.3 is 20.1 Å². The fourth-order valence-electron chi connectivity index (χ4n) is 3.89. The molecule has 8 nitrogen and oxygen atoms in total. The summed E-state index contributed by atoms with van der Waals surface area (Å²) in [6.45, 7) is 4.44. The van der Waals surface area contributed by atoms with Crippen molar-refractivity contribution in [3.05, 3.63) is 54.0 Å². The van der Waals surface area contributed by atoms with Gasteiger partial charge in [0.15, 0.2) is 0 Å². The van der Waals surface area contributed by atoms with Crippen LogP contribution in [0, 0.1) is 6.92 Å². The van der Waals surface area contributed by atoms with Crippen LogP contribution in [-0.2, 0) is 9.53 Å². The van der Waals surface area contributed by atoms with Crippen molar-refractivity contribution >= 4 is 17.7 Å². The first-order valence-corrected chi connectivity index (χ1v) is 10.4. The molecule has 2 aromatic heterocycles. The van der Waals surface area contributed by atoms with E-state index in [-0.39, 0.29) is 17.6 Å². The molecule has 4 heterocycles. The third-order valence-electron chi connectivity index (χ3n) is 5.56. The number of carbonyl (C=O) groups excluding carboxylic acids is 1. The van der Waals surface area contributed by atoms with E-state index in [1.54, 1.807) is 18.3 Å². The molecule has 0 bridgehead atoms. The van der Waals surface area contributed by atoms with E-state index < -0.39 is 12.1 Å². The number of carbonyl (C=O) groups is 2. The number of aliphatic carboxylic acids is 1. The molecule has 2 N–H and O–H groups in total. The molecule has 2 saturated heterocycles. The van der Waals surface area contributed by atoms with Crippen molar-refractivity contribution in [1.29, 1.82) is 0 Å². The summed E-state index contributed by atoms with van der Waals surface area (Å²) in [4.78, 5) is 32.2. The largest absolute Gasteiger partial charge is 0.490 e. The van der Waals surface area contributed by atoms with Gasteiger partial charge in [-0.25, -0.2) is 9.78 Å². The summed E-state index contributed by atoms with van der Waals surface area (Å²) in [5, 5.41) is 10.2. The third-order valence-corrected chi connectivity index (χ3v) is 5.56. The molecule has 1 atom stereocenters. The fraction of sp³-hybridized carbons (Fsp3) is 0.455. The van der Waals surface area contributed by atoms with Crippen molar-refractivity contribution in [1.82, 2.24) is 15.3 Å². The second-order valence-electron chi connectivity index (χ2n) is 8.01. The van der Waals surface area contributed by atoms with Crippen molar-refractivity contribution in [2.45, 2.75) is 44.0 Å². The zero-order valence-electron chi connectivity index (χ0n) is 18.0. The van der Waals surface area contributed by atoms with Crippen LogP contribution in [0.5, 0.6) is 0 Å². The summed E-state index contributed by atoms with van der Waals surface area (Å²) >= 11 is 0. The van der Waals surface area contributed by atoms with E-state index in [0.29, 0.717) is 12.3 Å². The molecular weight excluding hydrogens is 441 g/mol. The summed E-state index contributed by atoms with van der Waals surface area (Å²) in [6.07, 6.45) is -0.672. The third kappa shape index (κ3) is 6.64. The second kappa shape index (κ2) is 10.2. The van der Waals surface area contributed by atoms with Crippen LogP contribution in [0.1, 0.15) is 35.4 Å². The Balaban J connectivity index is 0.000000383. The Bertz CT molecular complexity index is 964. The zero-order valence-corrected chi connectivity index (χ0v) is 18.0. The van der Waals surface area contributed by atoms with Crippen LogP contribution in [0.4, 0.5) is 19.0 Å². The van der Waals surface area contributed by atoms with E-state index in [1.165, 1.54) is 0 Å². The van der Waals surface area contributed by atoms with Crippen molar-refractivity contribution in [3.8, 4) is 0 Å². The average molecular weight is 466 g/mol. The van der Waals surface area contributed by atoms with Gasteiger partial charge in [-0.05, 0) is 50.5 Å². The number of hydrogen-bond donors (Lipinski definition) is 2. The first-order valence-electron chi connectivity index (χ1n) is 10.4. The maximum Gasteiger partial charge on any atom is 0.490 e. The Morgan fingerprint density at radius 2 is 1.88 bits per heavy atom. The van der Waals surface area contributed by atoms with Crippen molar-refractivity contribution in [2.75, 3.05) is 24.6 Å². The Hall–Kier alpha value is -3.21. The first kappa shape index (κ1) is 24.4. The molecule has 33 heavy (non-hydrogen) atoms. The number of hydrogen-bond acceptors (Lipinski definition) is 6. The molecule has 2 fully saturated rings. The number of carboxylic acid groups (broad SMARTS) is 1. The SMILES string of the molecule is Cc1cccc(N2CCC3(CC2)CC(NC(=O)c2ccccn2)CO3)n1.O=C(O)C(F)(F)F. The van der Waals surface area contributed by atoms with Crippen LogP contribution in [0.25, 0.3) is 0 Å². The first-order chi connectivity index (χ1) is 15.6. The van der Waals surface area contributed by atoms with Gasteiger partial charge in [0, 0.05) is 25.0 Å². The number of ether oxygens (including phenoxy) is 1. The molecule has 2 aliphatic rings. The quantitative estimate of drug-likeness (QED) is 0.717. The molecule has 0 aliphatic carbocycles. The number of carboxylic acids is 1. The number of alkyl halides is 3. The van der Waals surface area contributed by atoms with Gasteiger partial charge in [0.05, 0.1) is 18.2 Å². The molecule has 1 unspecified atom stereocenters. The zero-order chi connectivity index (χ0) is 24.1. The summed E-state index contributed by atoms with van der Waals surface area (Å²) in [6, 6.07) is 11.5. The topological polar surface area (TPSA) is 105 Å². The molecule has 2 aliphatic heterocycles. The minimum absolute atomic E-state index is 0.0492. The lowest BCUT2D eigenvalue weighted by Gasteiger charge is -2.39. The average Bonchev–Trinajstić information content (AvgIpc) is 3.16. The van der Waals surface area contributed by atoms with Crippen molar-refractivity contribution < 1.29 is 32.6 Å². The van der Waals surface area contributed by atoms with Gasteiger partial charge in [0.1, 0.15) is 11.5 Å². The van der Waals surface area contributed by atoms with Gasteiger partial charge in [-0.15, -0.1) is 0 Å². The van der Waals surface area contributed by atoms with E-state index in [4.69, 9.17) is 14.6 Å². The normalized spacial score (nSPS) is 19.5. The van der Waals surface area contributed by atoms with Crippen LogP contribution < -0.4 is 10.2 Å². The molecular formula is C22H25F3N4O4. The highest BCUT2D eigenvalue weighted by atomic mass is 19.4. The smallest absolute Gasteiger partial charge is 0.475 e. The number of nitrogens with zero attached hydrogens (tertiary/aromatic N) is 3. The van der Waals surface area contributed by atoms with E-state index >= 15 is 0 Å². The van der Waals surface area contributed by atoms with Gasteiger partial charge in [-0.2, -0.15) is 13.2 Å². The standard InChI is InChI=1S/C20H24N4O2.C2HF3O2/c1-15-5-4-7-18(22-15)24-11-8-20(9-12-24)13-16(14-26-20)23-19(25)17-6-2-3-10-21-17;3-2(4,5)1(6)7/h2-7,10,16H,8-9,11-14H2,1H3,(H,23,25);(H,6,7). The number of anilines is 1. The molecule has 0 aromatic carbocycles. The minimum atomic E-state index is -5.08. The number of amides is 1. The van der Waals surface area contributed by atoms with Crippen LogP contribution in [-0.4, -0.2) is 64.5 Å². The maximum absolute atomic E-state index is 12.3. The molecule has 1 spiro atoms. The Kier molecular flexibility index (Phi) is 7.52. The molecule has 4 rings (SSSR count). The highest BCUT2D eigenvalue weighted by Gasteiger charge is 2.43. The van der Waals surface area contributed by atoms with Crippen molar-refractivity contribution in [2.24, 2.45) is 0 Å². The van der Waals surface area contributed by atoms with Crippen LogP contribution in [0.2, 0.25) is 0 Å². The van der Waals surface area contributed by atoms with E-state index in [0.717, 1.165) is 43.9 Å². The number of rotatable bonds is 3. The molecule has 2 aromatic rings. The number of nitrogens with one attached hydrogen (secondary N) is 1. The predicted molar refractivity (Wildman–Crippen MR) is 113 cm³/mol. The van der Waals surface area contributed by atoms with Gasteiger partial charge in [0.25, 0.3) is 5.91 Å². The van der Waals surface area contributed by atoms with Crippen molar-refractivity contribution in [3.63, 3.8) is 0 Å². The van der Waals surface area contributed by atoms with Gasteiger partial charge in [0.2, 0.25) is 0 Å². The van der Waals surface area contributed by atoms with E-state index in [2.05, 4.69) is 32.3 Å². The van der Waals surface area contributed by atoms with Gasteiger partial charge >= 0.3 is 12.1 Å². The highest BCUT2D eigenvalue weighted by molar-refractivity contribution is 5.92. The lowest BCUT2D eigenvalue weighted by molar-refractivity contribution is -0.192. The number of piperidine rings is 1. The van der Waals surface area contributed by atoms with Crippen LogP contribution in [0.15, 0.2) is 42.6 Å². The second-order valence-corrected chi connectivity index (χ2v) is 8.01. The molecule has 1 amide bonds. The fourth-order valence-corrected chi connectivity index (χ4v) is 3.89. The summed E-state index contributed by atoms with van der Waals surface area (Å²) in [5.41, 5.74) is 1.37. The van der Waals surface area contributed by atoms with Crippen LogP contribution >= 0.6 is 0 Å². The highest BCUT2D eigenvalue weighted by Crippen LogP contribution is 2.37. The Morgan fingerprint density at radius 3 is 2.45 bits per heavy atom. The summed E-state index contributed by atoms with van der Waals surface area (Å²) < 4.78 is 37.9. The number of pyridine rings is 2. The number of halogens is 3. The molecule has 11 heteroatoms. The van der Waals surface area contributed by atoms with Crippen LogP contribution in [0.3, 0.4) is 0 Å². The molecule has 178 valence electrons. The Labute approximate surface area is 188 Å². The lowest BCUT2D eigenvalue weighted by Crippen LogP contribution is -2.45. The maximum atomic E-state index is 12.3. The number of aromatic nitrogens is 2. The lowest BCUT2D eigenvalue weighted by atomic mass is 9.87.